The van der Waals surface area contributed by atoms with Crippen LogP contribution < -0.4 is 4.74 Å². The van der Waals surface area contributed by atoms with Crippen molar-refractivity contribution in [3.05, 3.63) is 29.8 Å². The van der Waals surface area contributed by atoms with Crippen molar-refractivity contribution in [1.82, 2.24) is 4.90 Å². The van der Waals surface area contributed by atoms with Gasteiger partial charge in [0, 0.05) is 24.7 Å². The molecular formula is C17H27NO2. The third kappa shape index (κ3) is 3.33. The van der Waals surface area contributed by atoms with Gasteiger partial charge in [0.1, 0.15) is 5.75 Å². The lowest BCUT2D eigenvalue weighted by Gasteiger charge is -2.40. The SMILES string of the molecule is CC(C)Oc1ccccc1C1(O)CCN(C(C)C)CC1. The maximum Gasteiger partial charge on any atom is 0.125 e. The van der Waals surface area contributed by atoms with E-state index in [1.165, 1.54) is 0 Å². The van der Waals surface area contributed by atoms with E-state index in [4.69, 9.17) is 4.74 Å². The van der Waals surface area contributed by atoms with Gasteiger partial charge in [0.15, 0.2) is 0 Å². The van der Waals surface area contributed by atoms with Crippen LogP contribution in [0.1, 0.15) is 46.1 Å². The van der Waals surface area contributed by atoms with E-state index in [0.717, 1.165) is 37.2 Å². The Bertz CT molecular complexity index is 434. The Kier molecular flexibility index (Phi) is 4.71. The second-order valence-electron chi connectivity index (χ2n) is 6.32. The van der Waals surface area contributed by atoms with Crippen LogP contribution in [0.2, 0.25) is 0 Å². The van der Waals surface area contributed by atoms with E-state index < -0.39 is 5.60 Å². The Labute approximate surface area is 122 Å². The summed E-state index contributed by atoms with van der Waals surface area (Å²) in [5.74, 6) is 0.822. The molecule has 1 saturated heterocycles. The lowest BCUT2D eigenvalue weighted by Crippen LogP contribution is -2.45. The van der Waals surface area contributed by atoms with E-state index >= 15 is 0 Å². The highest BCUT2D eigenvalue weighted by atomic mass is 16.5. The quantitative estimate of drug-likeness (QED) is 0.917. The van der Waals surface area contributed by atoms with Gasteiger partial charge in [-0.3, -0.25) is 0 Å². The summed E-state index contributed by atoms with van der Waals surface area (Å²) >= 11 is 0. The highest BCUT2D eigenvalue weighted by Crippen LogP contribution is 2.38. The third-order valence-electron chi connectivity index (χ3n) is 4.11. The van der Waals surface area contributed by atoms with Crippen molar-refractivity contribution < 1.29 is 9.84 Å². The number of aliphatic hydroxyl groups is 1. The zero-order valence-corrected chi connectivity index (χ0v) is 13.1. The van der Waals surface area contributed by atoms with Gasteiger partial charge in [0.2, 0.25) is 0 Å². The molecule has 1 aromatic carbocycles. The zero-order chi connectivity index (χ0) is 14.8. The number of piperidine rings is 1. The van der Waals surface area contributed by atoms with Crippen LogP contribution in [0.15, 0.2) is 24.3 Å². The predicted octanol–water partition coefficient (Wildman–Crippen LogP) is 3.17. The van der Waals surface area contributed by atoms with Gasteiger partial charge in [-0.15, -0.1) is 0 Å². The molecule has 2 rings (SSSR count). The molecule has 3 nitrogen and oxygen atoms in total. The van der Waals surface area contributed by atoms with E-state index in [0.29, 0.717) is 6.04 Å². The molecule has 1 fully saturated rings. The number of hydrogen-bond acceptors (Lipinski definition) is 3. The predicted molar refractivity (Wildman–Crippen MR) is 82.0 cm³/mol. The summed E-state index contributed by atoms with van der Waals surface area (Å²) in [7, 11) is 0. The average Bonchev–Trinajstić information content (AvgIpc) is 2.39. The maximum atomic E-state index is 11.0. The molecule has 1 aliphatic rings. The minimum absolute atomic E-state index is 0.121. The van der Waals surface area contributed by atoms with Crippen molar-refractivity contribution in [3.8, 4) is 5.75 Å². The summed E-state index contributed by atoms with van der Waals surface area (Å²) in [4.78, 5) is 2.42. The Balaban J connectivity index is 2.19. The number of nitrogens with zero attached hydrogens (tertiary/aromatic N) is 1. The highest BCUT2D eigenvalue weighted by molar-refractivity contribution is 5.38. The number of likely N-dealkylation sites (tertiary alicyclic amines) is 1. The summed E-state index contributed by atoms with van der Waals surface area (Å²) < 4.78 is 5.86. The topological polar surface area (TPSA) is 32.7 Å². The first-order valence-corrected chi connectivity index (χ1v) is 7.65. The van der Waals surface area contributed by atoms with E-state index in [2.05, 4.69) is 18.7 Å². The second kappa shape index (κ2) is 6.15. The minimum Gasteiger partial charge on any atom is -0.491 e. The van der Waals surface area contributed by atoms with Crippen LogP contribution in [-0.2, 0) is 5.60 Å². The van der Waals surface area contributed by atoms with Crippen LogP contribution in [0.3, 0.4) is 0 Å². The fraction of sp³-hybridized carbons (Fsp3) is 0.647. The molecule has 1 heterocycles. The molecular weight excluding hydrogens is 250 g/mol. The molecule has 0 bridgehead atoms. The maximum absolute atomic E-state index is 11.0. The lowest BCUT2D eigenvalue weighted by atomic mass is 9.83. The number of benzene rings is 1. The molecule has 0 aliphatic carbocycles. The van der Waals surface area contributed by atoms with Crippen LogP contribution in [0, 0.1) is 0 Å². The Hall–Kier alpha value is -1.06. The molecule has 1 aromatic rings. The van der Waals surface area contributed by atoms with Gasteiger partial charge in [0.05, 0.1) is 11.7 Å². The first-order valence-electron chi connectivity index (χ1n) is 7.65. The first-order chi connectivity index (χ1) is 9.42. The molecule has 0 atom stereocenters. The lowest BCUT2D eigenvalue weighted by molar-refractivity contribution is -0.0345. The monoisotopic (exact) mass is 277 g/mol. The summed E-state index contributed by atoms with van der Waals surface area (Å²) in [6.07, 6.45) is 1.66. The molecule has 0 radical (unpaired) electrons. The highest BCUT2D eigenvalue weighted by Gasteiger charge is 2.36. The van der Waals surface area contributed by atoms with Gasteiger partial charge >= 0.3 is 0 Å². The molecule has 0 spiro atoms. The molecule has 1 N–H and O–H groups in total. The van der Waals surface area contributed by atoms with Crippen LogP contribution in [-0.4, -0.2) is 35.2 Å². The molecule has 3 heteroatoms. The zero-order valence-electron chi connectivity index (χ0n) is 13.1. The van der Waals surface area contributed by atoms with Crippen molar-refractivity contribution in [2.45, 2.75) is 58.3 Å². The van der Waals surface area contributed by atoms with Crippen molar-refractivity contribution in [2.24, 2.45) is 0 Å². The van der Waals surface area contributed by atoms with E-state index in [9.17, 15) is 5.11 Å². The van der Waals surface area contributed by atoms with Gasteiger partial charge in [-0.1, -0.05) is 18.2 Å². The van der Waals surface area contributed by atoms with Crippen molar-refractivity contribution in [3.63, 3.8) is 0 Å². The summed E-state index contributed by atoms with van der Waals surface area (Å²) in [6, 6.07) is 8.45. The summed E-state index contributed by atoms with van der Waals surface area (Å²) in [5, 5.41) is 11.0. The van der Waals surface area contributed by atoms with Crippen molar-refractivity contribution in [1.29, 1.82) is 0 Å². The van der Waals surface area contributed by atoms with Gasteiger partial charge in [0.25, 0.3) is 0 Å². The first kappa shape index (κ1) is 15.3. The third-order valence-corrected chi connectivity index (χ3v) is 4.11. The fourth-order valence-corrected chi connectivity index (χ4v) is 2.89. The second-order valence-corrected chi connectivity index (χ2v) is 6.32. The van der Waals surface area contributed by atoms with Gasteiger partial charge in [-0.25, -0.2) is 0 Å². The van der Waals surface area contributed by atoms with E-state index in [1.807, 2.05) is 38.1 Å². The van der Waals surface area contributed by atoms with Crippen LogP contribution >= 0.6 is 0 Å². The van der Waals surface area contributed by atoms with Crippen molar-refractivity contribution in [2.75, 3.05) is 13.1 Å². The number of hydrogen-bond donors (Lipinski definition) is 1. The van der Waals surface area contributed by atoms with E-state index in [1.54, 1.807) is 0 Å². The molecule has 0 aromatic heterocycles. The molecule has 112 valence electrons. The van der Waals surface area contributed by atoms with Crippen LogP contribution in [0.25, 0.3) is 0 Å². The Morgan fingerprint density at radius 2 is 1.70 bits per heavy atom. The fourth-order valence-electron chi connectivity index (χ4n) is 2.89. The largest absolute Gasteiger partial charge is 0.491 e. The summed E-state index contributed by atoms with van der Waals surface area (Å²) in [5.41, 5.74) is 0.189. The smallest absolute Gasteiger partial charge is 0.125 e. The minimum atomic E-state index is -0.753. The molecule has 1 aliphatic heterocycles. The summed E-state index contributed by atoms with van der Waals surface area (Å²) in [6.45, 7) is 10.3. The van der Waals surface area contributed by atoms with Gasteiger partial charge in [-0.05, 0) is 46.6 Å². The average molecular weight is 277 g/mol. The molecule has 20 heavy (non-hydrogen) atoms. The van der Waals surface area contributed by atoms with Crippen LogP contribution in [0.4, 0.5) is 0 Å². The molecule has 0 saturated carbocycles. The van der Waals surface area contributed by atoms with Gasteiger partial charge in [-0.2, -0.15) is 0 Å². The molecule has 0 unspecified atom stereocenters. The van der Waals surface area contributed by atoms with Gasteiger partial charge < -0.3 is 14.7 Å². The van der Waals surface area contributed by atoms with Crippen molar-refractivity contribution >= 4 is 0 Å². The molecule has 0 amide bonds. The van der Waals surface area contributed by atoms with E-state index in [-0.39, 0.29) is 6.10 Å². The number of para-hydroxylation sites is 1. The normalized spacial score (nSPS) is 19.6. The Morgan fingerprint density at radius 1 is 1.10 bits per heavy atom. The number of rotatable bonds is 4. The Morgan fingerprint density at radius 3 is 2.25 bits per heavy atom. The standard InChI is InChI=1S/C17H27NO2/c1-13(2)18-11-9-17(19,10-12-18)15-7-5-6-8-16(15)20-14(3)4/h5-8,13-14,19H,9-12H2,1-4H3. The van der Waals surface area contributed by atoms with Crippen LogP contribution in [0.5, 0.6) is 5.75 Å². The number of ether oxygens (including phenoxy) is 1.